The topological polar surface area (TPSA) is 499 Å². The van der Waals surface area contributed by atoms with Crippen LogP contribution in [0, 0.1) is 98.3 Å². The number of aromatic nitrogens is 20. The van der Waals surface area contributed by atoms with Gasteiger partial charge in [-0.05, 0) is 190 Å². The first-order chi connectivity index (χ1) is 71.3. The predicted octanol–water partition coefficient (Wildman–Crippen LogP) is 18.8. The van der Waals surface area contributed by atoms with Gasteiger partial charge in [-0.2, -0.15) is 20.4 Å². The van der Waals surface area contributed by atoms with E-state index in [4.69, 9.17) is 40.6 Å². The van der Waals surface area contributed by atoms with Gasteiger partial charge < -0.3 is 61.9 Å². The lowest BCUT2D eigenvalue weighted by molar-refractivity contribution is -0.118. The van der Waals surface area contributed by atoms with Crippen molar-refractivity contribution in [2.24, 2.45) is 75.5 Å². The zero-order valence-electron chi connectivity index (χ0n) is 81.7. The van der Waals surface area contributed by atoms with Crippen LogP contribution in [0.15, 0.2) is 239 Å². The standard InChI is InChI=1S/4C27H24FN7O2/c4*1-13-6-20(27-30-4-5-37-27)31-10-18(13)17-7-15-8-21(32-11-19(15)25(29)24(17)28)34-26(36)23-14(2)22(23)16-9-33-35(3)12-16/h4*4-12,14,22-23H,29H2,1-3H3,(H,32,34,36)/t2*14-,22+,23-;2*14-,22-,23+/m1010/s1. The second kappa shape index (κ2) is 38.4. The lowest BCUT2D eigenvalue weighted by atomic mass is 9.97. The highest BCUT2D eigenvalue weighted by molar-refractivity contribution is 6.06. The number of nitrogen functional groups attached to an aromatic ring is 4. The van der Waals surface area contributed by atoms with Crippen molar-refractivity contribution < 1.29 is 54.4 Å². The molecule has 4 fully saturated rings. The van der Waals surface area contributed by atoms with Crippen LogP contribution in [0.2, 0.25) is 0 Å². The van der Waals surface area contributed by atoms with E-state index < -0.39 is 23.3 Å². The number of rotatable bonds is 20. The number of nitrogens with zero attached hydrogens (tertiary/aromatic N) is 20. The summed E-state index contributed by atoms with van der Waals surface area (Å²) in [6.45, 7) is 15.6. The molecule has 0 aliphatic heterocycles. The van der Waals surface area contributed by atoms with Crippen molar-refractivity contribution in [3.8, 4) is 90.8 Å². The van der Waals surface area contributed by atoms with Gasteiger partial charge in [0.2, 0.25) is 47.2 Å². The fourth-order valence-electron chi connectivity index (χ4n) is 20.3. The number of benzene rings is 4. The Hall–Kier alpha value is -18.4. The van der Waals surface area contributed by atoms with E-state index in [1.165, 1.54) is 74.6 Å². The van der Waals surface area contributed by atoms with E-state index in [0.717, 1.165) is 44.5 Å². The van der Waals surface area contributed by atoms with Crippen LogP contribution in [-0.2, 0) is 47.4 Å². The zero-order valence-corrected chi connectivity index (χ0v) is 81.7. The van der Waals surface area contributed by atoms with E-state index in [2.05, 4.69) is 129 Å². The van der Waals surface area contributed by atoms with Gasteiger partial charge in [0.05, 0.1) is 72.3 Å². The first-order valence-corrected chi connectivity index (χ1v) is 47.4. The summed E-state index contributed by atoms with van der Waals surface area (Å²) in [5.41, 5.74) is 37.8. The monoisotopic (exact) mass is 1990 g/mol. The molecule has 40 heteroatoms. The van der Waals surface area contributed by atoms with Gasteiger partial charge in [0, 0.05) is 216 Å². The molecule has 0 unspecified atom stereocenters. The smallest absolute Gasteiger partial charge is 0.244 e. The van der Waals surface area contributed by atoms with Crippen molar-refractivity contribution in [2.75, 3.05) is 44.2 Å². The molecule has 4 aliphatic rings. The number of nitrogens with two attached hydrogens (primary N) is 4. The number of amides is 4. The van der Waals surface area contributed by atoms with Gasteiger partial charge in [-0.25, -0.2) is 57.4 Å². The second-order valence-corrected chi connectivity index (χ2v) is 38.0. The molecule has 744 valence electrons. The van der Waals surface area contributed by atoms with Gasteiger partial charge >= 0.3 is 0 Å². The third kappa shape index (κ3) is 18.4. The highest BCUT2D eigenvalue weighted by atomic mass is 19.1. The number of carbonyl (C=O) groups excluding carboxylic acids is 4. The van der Waals surface area contributed by atoms with Gasteiger partial charge in [-0.15, -0.1) is 0 Å². The molecule has 0 radical (unpaired) electrons. The van der Waals surface area contributed by atoms with Gasteiger partial charge in [0.25, 0.3) is 0 Å². The average molecular weight is 1990 g/mol. The number of carbonyl (C=O) groups is 4. The molecule has 16 heterocycles. The molecule has 4 aliphatic carbocycles. The van der Waals surface area contributed by atoms with Gasteiger partial charge in [0.1, 0.15) is 71.1 Å². The Labute approximate surface area is 840 Å². The summed E-state index contributed by atoms with van der Waals surface area (Å²) in [6.07, 6.45) is 39.3. The number of anilines is 8. The summed E-state index contributed by atoms with van der Waals surface area (Å²) in [5.74, 6) is 1.12. The van der Waals surface area contributed by atoms with E-state index in [0.29, 0.717) is 157 Å². The number of pyridine rings is 8. The quantitative estimate of drug-likeness (QED) is 0.0259. The van der Waals surface area contributed by atoms with E-state index in [1.54, 1.807) is 141 Å². The van der Waals surface area contributed by atoms with Crippen molar-refractivity contribution in [3.63, 3.8) is 0 Å². The minimum atomic E-state index is -0.550. The van der Waals surface area contributed by atoms with Crippen molar-refractivity contribution in [2.45, 2.75) is 79.1 Å². The minimum absolute atomic E-state index is 0.0125. The largest absolute Gasteiger partial charge is 0.443 e. The maximum atomic E-state index is 15.4. The summed E-state index contributed by atoms with van der Waals surface area (Å²) >= 11 is 0. The van der Waals surface area contributed by atoms with Crippen LogP contribution in [0.1, 0.15) is 95.9 Å². The van der Waals surface area contributed by atoms with E-state index in [9.17, 15) is 19.2 Å². The number of fused-ring (bicyclic) bond motifs is 4. The Morgan fingerprint density at radius 3 is 0.669 bits per heavy atom. The molecule has 0 bridgehead atoms. The zero-order chi connectivity index (χ0) is 103. The highest BCUT2D eigenvalue weighted by Gasteiger charge is 2.56. The summed E-state index contributed by atoms with van der Waals surface area (Å²) < 4.78 is 89.6. The highest BCUT2D eigenvalue weighted by Crippen LogP contribution is 2.58. The summed E-state index contributed by atoms with van der Waals surface area (Å²) in [7, 11) is 7.43. The van der Waals surface area contributed by atoms with Crippen LogP contribution in [0.4, 0.5) is 63.6 Å². The predicted molar refractivity (Wildman–Crippen MR) is 547 cm³/mol. The van der Waals surface area contributed by atoms with Crippen molar-refractivity contribution in [1.29, 1.82) is 0 Å². The molecular weight excluding hydrogens is 1890 g/mol. The summed E-state index contributed by atoms with van der Waals surface area (Å²) in [5, 5.41) is 33.0. The first-order valence-electron chi connectivity index (χ1n) is 47.4. The Bertz CT molecular complexity index is 7630. The summed E-state index contributed by atoms with van der Waals surface area (Å²) in [4.78, 5) is 103. The first kappa shape index (κ1) is 95.8. The second-order valence-electron chi connectivity index (χ2n) is 38.0. The fraction of sp³-hybridized carbons (Fsp3) is 0.222. The lowest BCUT2D eigenvalue weighted by Gasteiger charge is -2.13. The minimum Gasteiger partial charge on any atom is -0.443 e. The van der Waals surface area contributed by atoms with Gasteiger partial charge in [-0.3, -0.25) is 57.8 Å². The SMILES string of the molecule is Cc1cc(-c2ncco2)ncc1-c1cc2cc(NC(=O)[C@@H]3[C@@H](C)[C@H]3c3cnn(C)c3)ncc2c(N)c1F.Cc1cc(-c2ncco2)ncc1-c1cc2cc(NC(=O)[C@@H]3[C@H](C)[C@H]3c3cnn(C)c3)ncc2c(N)c1F.Cc1cc(-c2ncco2)ncc1-c1cc2cc(NC(=O)[C@H]3[C@@H](C)[C@@H]3c3cnn(C)c3)ncc2c(N)c1F.Cc1cc(-c2ncco2)ncc1-c1cc2cc(NC(=O)[C@H]3[C@H](C)[C@@H]3c3cnn(C)c3)ncc2c(N)c1F. The molecule has 0 spiro atoms. The number of aryl methyl sites for hydroxylation is 8. The van der Waals surface area contributed by atoms with Crippen LogP contribution in [0.25, 0.3) is 134 Å². The van der Waals surface area contributed by atoms with Gasteiger partial charge in [0.15, 0.2) is 23.3 Å². The Morgan fingerprint density at radius 2 is 0.493 bits per heavy atom. The number of oxazole rings is 4. The van der Waals surface area contributed by atoms with E-state index in [1.807, 2.05) is 80.7 Å². The molecule has 0 saturated heterocycles. The molecule has 4 amide bonds. The lowest BCUT2D eigenvalue weighted by Crippen LogP contribution is -2.16. The van der Waals surface area contributed by atoms with Crippen LogP contribution in [-0.4, -0.2) is 123 Å². The van der Waals surface area contributed by atoms with Crippen LogP contribution < -0.4 is 44.2 Å². The molecule has 20 aromatic rings. The Balaban J connectivity index is 0.000000116. The third-order valence-corrected chi connectivity index (χ3v) is 28.4. The average Bonchev–Trinajstić information content (AvgIpc) is 1.55. The molecule has 36 nitrogen and oxygen atoms in total. The van der Waals surface area contributed by atoms with E-state index >= 15 is 17.6 Å². The number of hydrogen-bond acceptors (Lipinski definition) is 28. The number of nitrogens with one attached hydrogen (secondary N) is 4. The maximum absolute atomic E-state index is 15.4. The Kier molecular flexibility index (Phi) is 24.8. The van der Waals surface area contributed by atoms with Crippen molar-refractivity contribution in [3.05, 3.63) is 290 Å². The molecule has 16 aromatic heterocycles. The van der Waals surface area contributed by atoms with Gasteiger partial charge in [-0.1, -0.05) is 27.7 Å². The Morgan fingerprint density at radius 1 is 0.284 bits per heavy atom. The molecule has 12 N–H and O–H groups in total. The van der Waals surface area contributed by atoms with E-state index in [-0.39, 0.29) is 117 Å². The third-order valence-electron chi connectivity index (χ3n) is 28.4. The van der Waals surface area contributed by atoms with Crippen LogP contribution >= 0.6 is 0 Å². The summed E-state index contributed by atoms with van der Waals surface area (Å²) in [6, 6.07) is 20.8. The van der Waals surface area contributed by atoms with Crippen LogP contribution in [0.3, 0.4) is 0 Å². The molecule has 148 heavy (non-hydrogen) atoms. The normalized spacial score (nSPS) is 18.8. The molecular formula is C108H96F4N28O8. The molecule has 24 rings (SSSR count). The van der Waals surface area contributed by atoms with Crippen molar-refractivity contribution >= 4 is 113 Å². The number of hydrogen-bond donors (Lipinski definition) is 8. The van der Waals surface area contributed by atoms with Crippen LogP contribution in [0.5, 0.6) is 0 Å². The fourth-order valence-corrected chi connectivity index (χ4v) is 20.3. The van der Waals surface area contributed by atoms with Crippen molar-refractivity contribution in [1.82, 2.24) is 98.9 Å². The number of halogens is 4. The molecule has 4 aromatic carbocycles. The maximum Gasteiger partial charge on any atom is 0.244 e. The molecule has 4 saturated carbocycles. The molecule has 12 atom stereocenters.